The first-order chi connectivity index (χ1) is 12.5. The van der Waals surface area contributed by atoms with E-state index < -0.39 is 6.10 Å². The average molecular weight is 359 g/mol. The van der Waals surface area contributed by atoms with E-state index in [0.717, 1.165) is 0 Å². The Kier molecular flexibility index (Phi) is 5.65. The van der Waals surface area contributed by atoms with E-state index >= 15 is 0 Å². The topological polar surface area (TPSA) is 105 Å². The molecule has 0 radical (unpaired) electrons. The number of aromatic nitrogens is 2. The van der Waals surface area contributed by atoms with E-state index in [1.165, 1.54) is 0 Å². The number of H-pyrrole nitrogens is 1. The molecule has 8 heteroatoms. The molecule has 1 amide bonds. The molecule has 8 nitrogen and oxygen atoms in total. The van der Waals surface area contributed by atoms with Crippen LogP contribution in [0, 0.1) is 0 Å². The summed E-state index contributed by atoms with van der Waals surface area (Å²) in [5.74, 6) is 0.512. The van der Waals surface area contributed by atoms with Crippen LogP contribution in [0.25, 0.3) is 10.9 Å². The number of ether oxygens (including phenoxy) is 1. The van der Waals surface area contributed by atoms with Crippen LogP contribution in [0.5, 0.6) is 0 Å². The highest BCUT2D eigenvalue weighted by molar-refractivity contribution is 5.81. The Balaban J connectivity index is 1.71. The zero-order valence-electron chi connectivity index (χ0n) is 15.1. The van der Waals surface area contributed by atoms with Gasteiger partial charge in [0.25, 0.3) is 11.5 Å². The van der Waals surface area contributed by atoms with E-state index in [1.807, 2.05) is 25.1 Å². The fourth-order valence-electron chi connectivity index (χ4n) is 3.02. The third-order valence-electron chi connectivity index (χ3n) is 4.81. The van der Waals surface area contributed by atoms with Gasteiger partial charge in [0.1, 0.15) is 11.9 Å². The Morgan fingerprint density at radius 2 is 2.27 bits per heavy atom. The van der Waals surface area contributed by atoms with Crippen molar-refractivity contribution >= 4 is 16.8 Å². The maximum atomic E-state index is 12.6. The number of nitrogens with one attached hydrogen (secondary N) is 1. The summed E-state index contributed by atoms with van der Waals surface area (Å²) in [4.78, 5) is 35.8. The minimum atomic E-state index is -0.532. The van der Waals surface area contributed by atoms with E-state index in [-0.39, 0.29) is 17.5 Å². The van der Waals surface area contributed by atoms with Crippen molar-refractivity contribution in [3.05, 3.63) is 40.4 Å². The molecule has 0 aliphatic carbocycles. The van der Waals surface area contributed by atoms with E-state index in [9.17, 15) is 9.59 Å². The van der Waals surface area contributed by atoms with Crippen LogP contribution in [0.2, 0.25) is 0 Å². The van der Waals surface area contributed by atoms with Crippen LogP contribution in [0.3, 0.4) is 0 Å². The molecule has 2 atom stereocenters. The number of rotatable bonds is 5. The fraction of sp³-hybridized carbons (Fsp3) is 0.500. The summed E-state index contributed by atoms with van der Waals surface area (Å²) in [6.45, 7) is 4.36. The predicted molar refractivity (Wildman–Crippen MR) is 98.7 cm³/mol. The number of nitrogens with zero attached hydrogens (tertiary/aromatic N) is 3. The highest BCUT2D eigenvalue weighted by Crippen LogP contribution is 2.12. The molecule has 1 saturated heterocycles. The first-order valence-corrected chi connectivity index (χ1v) is 8.78. The summed E-state index contributed by atoms with van der Waals surface area (Å²) in [7, 11) is 1.74. The average Bonchev–Trinajstić information content (AvgIpc) is 2.66. The van der Waals surface area contributed by atoms with Gasteiger partial charge < -0.3 is 20.4 Å². The maximum Gasteiger partial charge on any atom is 0.258 e. The van der Waals surface area contributed by atoms with Crippen LogP contribution in [-0.2, 0) is 16.1 Å². The molecule has 1 aromatic heterocycles. The van der Waals surface area contributed by atoms with Gasteiger partial charge in [0, 0.05) is 32.7 Å². The van der Waals surface area contributed by atoms with Gasteiger partial charge in [0.15, 0.2) is 0 Å². The molecular formula is C18H25N5O3. The Morgan fingerprint density at radius 1 is 1.50 bits per heavy atom. The molecule has 0 bridgehead atoms. The molecule has 0 unspecified atom stereocenters. The fourth-order valence-corrected chi connectivity index (χ4v) is 3.02. The molecule has 1 fully saturated rings. The molecule has 0 spiro atoms. The van der Waals surface area contributed by atoms with E-state index in [0.29, 0.717) is 49.5 Å². The van der Waals surface area contributed by atoms with Gasteiger partial charge in [-0.2, -0.15) is 0 Å². The van der Waals surface area contributed by atoms with Gasteiger partial charge in [0.2, 0.25) is 0 Å². The van der Waals surface area contributed by atoms with Crippen molar-refractivity contribution in [3.8, 4) is 0 Å². The van der Waals surface area contributed by atoms with Gasteiger partial charge >= 0.3 is 0 Å². The van der Waals surface area contributed by atoms with E-state index in [4.69, 9.17) is 10.5 Å². The number of benzene rings is 1. The second-order valence-corrected chi connectivity index (χ2v) is 6.66. The van der Waals surface area contributed by atoms with Crippen molar-refractivity contribution < 1.29 is 9.53 Å². The van der Waals surface area contributed by atoms with Crippen LogP contribution in [0.1, 0.15) is 12.7 Å². The van der Waals surface area contributed by atoms with Crippen molar-refractivity contribution in [3.63, 3.8) is 0 Å². The largest absolute Gasteiger partial charge is 0.366 e. The molecule has 3 N–H and O–H groups in total. The van der Waals surface area contributed by atoms with Gasteiger partial charge in [-0.05, 0) is 19.1 Å². The highest BCUT2D eigenvalue weighted by atomic mass is 16.5. The van der Waals surface area contributed by atoms with Gasteiger partial charge in [-0.1, -0.05) is 12.1 Å². The van der Waals surface area contributed by atoms with E-state index in [1.54, 1.807) is 18.0 Å². The quantitative estimate of drug-likeness (QED) is 0.774. The molecule has 3 rings (SSSR count). The lowest BCUT2D eigenvalue weighted by molar-refractivity contribution is -0.150. The molecule has 1 aliphatic rings. The van der Waals surface area contributed by atoms with Crippen LogP contribution in [-0.4, -0.2) is 71.1 Å². The molecule has 2 aromatic rings. The number of para-hydroxylation sites is 1. The first-order valence-electron chi connectivity index (χ1n) is 8.78. The zero-order valence-corrected chi connectivity index (χ0v) is 15.1. The number of fused-ring (bicyclic) bond motifs is 1. The van der Waals surface area contributed by atoms with E-state index in [2.05, 4.69) is 14.9 Å². The molecule has 26 heavy (non-hydrogen) atoms. The SMILES string of the molecule is C[C@@H](CN)N(C)C(=O)[C@H]1CN(Cc2nc3ccccc3c(=O)[nH]2)CCO1. The lowest BCUT2D eigenvalue weighted by Crippen LogP contribution is -2.52. The standard InChI is InChI=1S/C18H25N5O3/c1-12(9-19)22(2)18(25)15-10-23(7-8-26-15)11-16-20-14-6-4-3-5-13(14)17(24)21-16/h3-6,12,15H,7-11,19H2,1-2H3,(H,20,21,24)/t12-,15+/m0/s1. The number of aromatic amines is 1. The Hall–Kier alpha value is -2.29. The summed E-state index contributed by atoms with van der Waals surface area (Å²) in [5.41, 5.74) is 6.16. The number of carbonyl (C=O) groups excluding carboxylic acids is 1. The highest BCUT2D eigenvalue weighted by Gasteiger charge is 2.30. The molecule has 0 saturated carbocycles. The van der Waals surface area contributed by atoms with Crippen molar-refractivity contribution in [1.29, 1.82) is 0 Å². The minimum absolute atomic E-state index is 0.0417. The Bertz CT molecular complexity index is 837. The number of amides is 1. The lowest BCUT2D eigenvalue weighted by Gasteiger charge is -2.35. The number of nitrogens with two attached hydrogens (primary N) is 1. The summed E-state index contributed by atoms with van der Waals surface area (Å²) in [5, 5.41) is 0.573. The van der Waals surface area contributed by atoms with Crippen molar-refractivity contribution in [2.45, 2.75) is 25.6 Å². The molecule has 1 aromatic carbocycles. The number of hydrogen-bond donors (Lipinski definition) is 2. The molecular weight excluding hydrogens is 334 g/mol. The normalized spacial score (nSPS) is 19.4. The van der Waals surface area contributed by atoms with Crippen molar-refractivity contribution in [2.24, 2.45) is 5.73 Å². The van der Waals surface area contributed by atoms with Crippen LogP contribution in [0.4, 0.5) is 0 Å². The minimum Gasteiger partial charge on any atom is -0.366 e. The Labute approximate surface area is 151 Å². The molecule has 140 valence electrons. The maximum absolute atomic E-state index is 12.6. The van der Waals surface area contributed by atoms with Gasteiger partial charge in [-0.3, -0.25) is 14.5 Å². The number of likely N-dealkylation sites (N-methyl/N-ethyl adjacent to an activating group) is 1. The Morgan fingerprint density at radius 3 is 3.04 bits per heavy atom. The monoisotopic (exact) mass is 359 g/mol. The van der Waals surface area contributed by atoms with Crippen LogP contribution < -0.4 is 11.3 Å². The zero-order chi connectivity index (χ0) is 18.7. The number of morpholine rings is 1. The number of carbonyl (C=O) groups is 1. The van der Waals surface area contributed by atoms with Crippen molar-refractivity contribution in [2.75, 3.05) is 33.3 Å². The van der Waals surface area contributed by atoms with Gasteiger partial charge in [-0.25, -0.2) is 4.98 Å². The van der Waals surface area contributed by atoms with Gasteiger partial charge in [0.05, 0.1) is 24.1 Å². The molecule has 1 aliphatic heterocycles. The van der Waals surface area contributed by atoms with Crippen LogP contribution in [0.15, 0.2) is 29.1 Å². The third-order valence-corrected chi connectivity index (χ3v) is 4.81. The summed E-state index contributed by atoms with van der Waals surface area (Å²) in [6.07, 6.45) is -0.532. The predicted octanol–water partition coefficient (Wildman–Crippen LogP) is -0.0705. The third kappa shape index (κ3) is 3.92. The second-order valence-electron chi connectivity index (χ2n) is 6.66. The number of hydrogen-bond acceptors (Lipinski definition) is 6. The second kappa shape index (κ2) is 7.94. The lowest BCUT2D eigenvalue weighted by atomic mass is 10.2. The van der Waals surface area contributed by atoms with Crippen molar-refractivity contribution in [1.82, 2.24) is 19.8 Å². The van der Waals surface area contributed by atoms with Crippen LogP contribution >= 0.6 is 0 Å². The molecule has 2 heterocycles. The summed E-state index contributed by atoms with van der Waals surface area (Å²) < 4.78 is 5.65. The smallest absolute Gasteiger partial charge is 0.258 e. The summed E-state index contributed by atoms with van der Waals surface area (Å²) >= 11 is 0. The van der Waals surface area contributed by atoms with Gasteiger partial charge in [-0.15, -0.1) is 0 Å². The first kappa shape index (κ1) is 18.5. The summed E-state index contributed by atoms with van der Waals surface area (Å²) in [6, 6.07) is 7.21.